The zero-order valence-corrected chi connectivity index (χ0v) is 16.8. The van der Waals surface area contributed by atoms with E-state index in [1.807, 2.05) is 20.8 Å². The van der Waals surface area contributed by atoms with Crippen molar-refractivity contribution in [2.75, 3.05) is 46.7 Å². The van der Waals surface area contributed by atoms with Crippen molar-refractivity contribution in [3.63, 3.8) is 0 Å². The molecule has 7 nitrogen and oxygen atoms in total. The van der Waals surface area contributed by atoms with Crippen molar-refractivity contribution in [3.8, 4) is 0 Å². The van der Waals surface area contributed by atoms with E-state index in [0.717, 1.165) is 12.8 Å². The Morgan fingerprint density at radius 3 is 1.96 bits per heavy atom. The standard InChI is InChI=1S/C16H33NO6Si/c1-6-16(13-20-14-16)17(15(18)19-5)11-10-12-24(21-7-2,22-8-3)23-9-4/h6-14H2,1-5H3. The van der Waals surface area contributed by atoms with E-state index in [-0.39, 0.29) is 11.6 Å². The minimum atomic E-state index is -2.68. The Hall–Kier alpha value is -0.673. The molecule has 0 saturated carbocycles. The lowest BCUT2D eigenvalue weighted by Gasteiger charge is -2.48. The minimum Gasteiger partial charge on any atom is -0.453 e. The Kier molecular flexibility index (Phi) is 9.21. The fourth-order valence-corrected chi connectivity index (χ4v) is 5.57. The number of rotatable bonds is 12. The van der Waals surface area contributed by atoms with E-state index >= 15 is 0 Å². The van der Waals surface area contributed by atoms with Crippen molar-refractivity contribution < 1.29 is 27.5 Å². The van der Waals surface area contributed by atoms with E-state index in [9.17, 15) is 4.79 Å². The van der Waals surface area contributed by atoms with Crippen molar-refractivity contribution in [3.05, 3.63) is 0 Å². The molecule has 0 spiro atoms. The van der Waals surface area contributed by atoms with E-state index < -0.39 is 8.80 Å². The Labute approximate surface area is 146 Å². The van der Waals surface area contributed by atoms with E-state index in [1.165, 1.54) is 7.11 Å². The van der Waals surface area contributed by atoms with E-state index in [2.05, 4.69) is 6.92 Å². The van der Waals surface area contributed by atoms with Crippen LogP contribution in [-0.4, -0.2) is 72.0 Å². The summed E-state index contributed by atoms with van der Waals surface area (Å²) in [6.45, 7) is 11.3. The van der Waals surface area contributed by atoms with Gasteiger partial charge in [-0.25, -0.2) is 4.79 Å². The average molecular weight is 364 g/mol. The highest BCUT2D eigenvalue weighted by molar-refractivity contribution is 6.60. The number of hydrogen-bond donors (Lipinski definition) is 0. The highest BCUT2D eigenvalue weighted by Crippen LogP contribution is 2.30. The van der Waals surface area contributed by atoms with Gasteiger partial charge in [-0.05, 0) is 33.6 Å². The molecule has 1 heterocycles. The van der Waals surface area contributed by atoms with Gasteiger partial charge in [0.2, 0.25) is 0 Å². The van der Waals surface area contributed by atoms with Gasteiger partial charge in [0.1, 0.15) is 0 Å². The minimum absolute atomic E-state index is 0.250. The summed E-state index contributed by atoms with van der Waals surface area (Å²) in [5, 5.41) is 0. The zero-order chi connectivity index (χ0) is 18.1. The summed E-state index contributed by atoms with van der Waals surface area (Å²) < 4.78 is 27.9. The van der Waals surface area contributed by atoms with E-state index in [1.54, 1.807) is 4.90 Å². The van der Waals surface area contributed by atoms with Crippen LogP contribution >= 0.6 is 0 Å². The van der Waals surface area contributed by atoms with Crippen LogP contribution in [-0.2, 0) is 22.8 Å². The largest absolute Gasteiger partial charge is 0.500 e. The summed E-state index contributed by atoms with van der Waals surface area (Å²) in [6, 6.07) is 0.677. The van der Waals surface area contributed by atoms with Gasteiger partial charge in [-0.3, -0.25) is 4.90 Å². The molecule has 142 valence electrons. The summed E-state index contributed by atoms with van der Waals surface area (Å²) in [4.78, 5) is 14.0. The van der Waals surface area contributed by atoms with Gasteiger partial charge in [0, 0.05) is 32.4 Å². The number of carbonyl (C=O) groups is 1. The second-order valence-corrected chi connectivity index (χ2v) is 8.51. The number of hydrogen-bond acceptors (Lipinski definition) is 6. The maximum absolute atomic E-state index is 12.2. The predicted octanol–water partition coefficient (Wildman–Crippen LogP) is 2.67. The highest BCUT2D eigenvalue weighted by atomic mass is 28.4. The first kappa shape index (κ1) is 21.4. The first-order valence-electron chi connectivity index (χ1n) is 8.88. The van der Waals surface area contributed by atoms with Crippen LogP contribution in [0.25, 0.3) is 0 Å². The maximum Gasteiger partial charge on any atom is 0.500 e. The van der Waals surface area contributed by atoms with Crippen molar-refractivity contribution in [1.29, 1.82) is 0 Å². The smallest absolute Gasteiger partial charge is 0.453 e. The second-order valence-electron chi connectivity index (χ2n) is 5.78. The molecule has 1 rings (SSSR count). The average Bonchev–Trinajstić information content (AvgIpc) is 2.53. The molecule has 24 heavy (non-hydrogen) atoms. The van der Waals surface area contributed by atoms with Gasteiger partial charge in [0.05, 0.1) is 25.9 Å². The molecule has 1 aliphatic rings. The van der Waals surface area contributed by atoms with Gasteiger partial charge in [0.15, 0.2) is 0 Å². The Bertz CT molecular complexity index is 355. The van der Waals surface area contributed by atoms with Gasteiger partial charge in [0.25, 0.3) is 0 Å². The van der Waals surface area contributed by atoms with Gasteiger partial charge in [-0.2, -0.15) is 0 Å². The topological polar surface area (TPSA) is 66.5 Å². The molecule has 1 aliphatic heterocycles. The normalized spacial score (nSPS) is 16.5. The molecule has 0 aromatic carbocycles. The van der Waals surface area contributed by atoms with Crippen LogP contribution < -0.4 is 0 Å². The molecular weight excluding hydrogens is 330 g/mol. The van der Waals surface area contributed by atoms with Crippen LogP contribution in [0.2, 0.25) is 6.04 Å². The first-order valence-corrected chi connectivity index (χ1v) is 10.8. The Morgan fingerprint density at radius 2 is 1.62 bits per heavy atom. The molecule has 0 atom stereocenters. The number of ether oxygens (including phenoxy) is 2. The summed E-state index contributed by atoms with van der Waals surface area (Å²) in [5.74, 6) is 0. The first-order chi connectivity index (χ1) is 11.5. The second kappa shape index (κ2) is 10.3. The molecule has 0 aromatic heterocycles. The molecule has 0 radical (unpaired) electrons. The number of nitrogens with zero attached hydrogens (tertiary/aromatic N) is 1. The van der Waals surface area contributed by atoms with E-state index in [4.69, 9.17) is 22.8 Å². The fourth-order valence-electron chi connectivity index (χ4n) is 2.98. The molecule has 1 amide bonds. The maximum atomic E-state index is 12.2. The van der Waals surface area contributed by atoms with Crippen LogP contribution in [0.1, 0.15) is 40.5 Å². The highest BCUT2D eigenvalue weighted by Gasteiger charge is 2.46. The predicted molar refractivity (Wildman–Crippen MR) is 93.0 cm³/mol. The lowest BCUT2D eigenvalue weighted by molar-refractivity contribution is -0.132. The molecule has 8 heteroatoms. The molecule has 0 aromatic rings. The molecule has 0 N–H and O–H groups in total. The lowest BCUT2D eigenvalue weighted by Crippen LogP contribution is -2.64. The molecule has 0 bridgehead atoms. The molecule has 1 saturated heterocycles. The van der Waals surface area contributed by atoms with Crippen LogP contribution in [0.5, 0.6) is 0 Å². The quantitative estimate of drug-likeness (QED) is 0.497. The van der Waals surface area contributed by atoms with Crippen LogP contribution in [0.3, 0.4) is 0 Å². The molecule has 1 fully saturated rings. The number of carbonyl (C=O) groups excluding carboxylic acids is 1. The van der Waals surface area contributed by atoms with Crippen LogP contribution in [0, 0.1) is 0 Å². The third-order valence-corrected chi connectivity index (χ3v) is 7.48. The van der Waals surface area contributed by atoms with Gasteiger partial charge in [-0.15, -0.1) is 0 Å². The van der Waals surface area contributed by atoms with Crippen molar-refractivity contribution in [2.45, 2.75) is 52.1 Å². The molecular formula is C16H33NO6Si. The van der Waals surface area contributed by atoms with Gasteiger partial charge < -0.3 is 22.8 Å². The summed E-state index contributed by atoms with van der Waals surface area (Å²) in [7, 11) is -1.26. The Balaban J connectivity index is 2.72. The van der Waals surface area contributed by atoms with Gasteiger partial charge >= 0.3 is 14.9 Å². The van der Waals surface area contributed by atoms with Crippen molar-refractivity contribution >= 4 is 14.9 Å². The number of methoxy groups -OCH3 is 1. The van der Waals surface area contributed by atoms with Crippen LogP contribution in [0.4, 0.5) is 4.79 Å². The third kappa shape index (κ3) is 5.16. The van der Waals surface area contributed by atoms with Gasteiger partial charge in [-0.1, -0.05) is 6.92 Å². The summed E-state index contributed by atoms with van der Waals surface area (Å²) >= 11 is 0. The molecule has 0 aliphatic carbocycles. The van der Waals surface area contributed by atoms with Crippen molar-refractivity contribution in [1.82, 2.24) is 4.90 Å². The fraction of sp³-hybridized carbons (Fsp3) is 0.938. The summed E-state index contributed by atoms with van der Waals surface area (Å²) in [5.41, 5.74) is -0.250. The van der Waals surface area contributed by atoms with Crippen LogP contribution in [0.15, 0.2) is 0 Å². The van der Waals surface area contributed by atoms with E-state index in [0.29, 0.717) is 45.6 Å². The van der Waals surface area contributed by atoms with Crippen molar-refractivity contribution in [2.24, 2.45) is 0 Å². The molecule has 0 unspecified atom stereocenters. The third-order valence-electron chi connectivity index (χ3n) is 4.32. The summed E-state index contributed by atoms with van der Waals surface area (Å²) in [6.07, 6.45) is 1.27. The lowest BCUT2D eigenvalue weighted by atomic mass is 9.92. The Morgan fingerprint density at radius 1 is 1.08 bits per heavy atom. The number of amides is 1. The SMILES string of the molecule is CCO[Si](CCCN(C(=O)OC)C1(CC)COC1)(OCC)OCC. The zero-order valence-electron chi connectivity index (χ0n) is 15.8. The monoisotopic (exact) mass is 363 g/mol.